The van der Waals surface area contributed by atoms with Crippen LogP contribution in [0.15, 0.2) is 121 Å². The Balaban J connectivity index is 1.52. The fourth-order valence-corrected chi connectivity index (χ4v) is 6.88. The molecule has 0 saturated heterocycles. The van der Waals surface area contributed by atoms with Crippen molar-refractivity contribution in [3.63, 3.8) is 0 Å². The van der Waals surface area contributed by atoms with Gasteiger partial charge in [0.1, 0.15) is 16.6 Å². The van der Waals surface area contributed by atoms with E-state index in [1.807, 2.05) is 163 Å². The van der Waals surface area contributed by atoms with Crippen molar-refractivity contribution in [1.29, 1.82) is 0 Å². The van der Waals surface area contributed by atoms with Gasteiger partial charge >= 0.3 is 0 Å². The van der Waals surface area contributed by atoms with Gasteiger partial charge < -0.3 is 20.8 Å². The molecule has 0 bridgehead atoms. The van der Waals surface area contributed by atoms with E-state index in [1.165, 1.54) is 0 Å². The largest absolute Gasteiger partial charge is 0.378 e. The van der Waals surface area contributed by atoms with Crippen molar-refractivity contribution in [2.75, 3.05) is 0 Å². The molecule has 1 saturated carbocycles. The summed E-state index contributed by atoms with van der Waals surface area (Å²) < 4.78 is 0. The van der Waals surface area contributed by atoms with Gasteiger partial charge in [0.15, 0.2) is 0 Å². The molecule has 0 radical (unpaired) electrons. The Kier molecular flexibility index (Phi) is 9.24. The summed E-state index contributed by atoms with van der Waals surface area (Å²) in [5, 5.41) is 31.7. The molecular weight excluding hydrogens is 584 g/mol. The number of amides is 2. The molecule has 4 aromatic rings. The maximum Gasteiger partial charge on any atom is 0.236 e. The Morgan fingerprint density at radius 3 is 0.936 bits per heavy atom. The second-order valence-electron chi connectivity index (χ2n) is 15.1. The number of nitrogens with one attached hydrogen (secondary N) is 2. The number of carbonyl (C=O) groups is 2. The van der Waals surface area contributed by atoms with E-state index in [4.69, 9.17) is 0 Å². The highest BCUT2D eigenvalue weighted by atomic mass is 16.3. The predicted molar refractivity (Wildman–Crippen MR) is 186 cm³/mol. The topological polar surface area (TPSA) is 98.7 Å². The first-order chi connectivity index (χ1) is 22.1. The second kappa shape index (κ2) is 12.7. The van der Waals surface area contributed by atoms with Crippen LogP contribution in [0.25, 0.3) is 0 Å². The molecule has 4 aromatic carbocycles. The zero-order chi connectivity index (χ0) is 34.1. The average molecular weight is 633 g/mol. The minimum atomic E-state index is -1.59. The Labute approximate surface area is 279 Å². The summed E-state index contributed by atoms with van der Waals surface area (Å²) in [6.07, 6.45) is 0.727. The minimum absolute atomic E-state index is 0.364. The lowest BCUT2D eigenvalue weighted by Crippen LogP contribution is -2.62. The zero-order valence-corrected chi connectivity index (χ0v) is 28.3. The molecule has 0 spiro atoms. The zero-order valence-electron chi connectivity index (χ0n) is 28.3. The molecule has 0 heterocycles. The lowest BCUT2D eigenvalue weighted by atomic mass is 9.69. The first kappa shape index (κ1) is 34.1. The number of hydrogen-bond donors (Lipinski definition) is 4. The van der Waals surface area contributed by atoms with Crippen LogP contribution in [0.3, 0.4) is 0 Å². The number of benzene rings is 4. The third-order valence-electron chi connectivity index (χ3n) is 9.59. The van der Waals surface area contributed by atoms with Gasteiger partial charge in [-0.05, 0) is 45.9 Å². The SMILES string of the molecule is CC(C)(C)[C@@H](NC(=O)C1(C(=O)N[C@H](C(C)(C)C)C(O)(c2ccccc2)c2ccccc2)CC1)C(O)(c1ccccc1)c1ccccc1. The van der Waals surface area contributed by atoms with Crippen molar-refractivity contribution in [1.82, 2.24) is 10.6 Å². The molecule has 47 heavy (non-hydrogen) atoms. The normalized spacial score (nSPS) is 16.1. The third-order valence-corrected chi connectivity index (χ3v) is 9.59. The maximum atomic E-state index is 14.4. The first-order valence-electron chi connectivity index (χ1n) is 16.4. The van der Waals surface area contributed by atoms with E-state index in [0.29, 0.717) is 35.1 Å². The Morgan fingerprint density at radius 2 is 0.745 bits per heavy atom. The lowest BCUT2D eigenvalue weighted by molar-refractivity contribution is -0.142. The van der Waals surface area contributed by atoms with Crippen LogP contribution in [0.4, 0.5) is 0 Å². The van der Waals surface area contributed by atoms with Gasteiger partial charge in [-0.1, -0.05) is 163 Å². The Bertz CT molecular complexity index is 1450. The van der Waals surface area contributed by atoms with Crippen LogP contribution in [0.5, 0.6) is 0 Å². The van der Waals surface area contributed by atoms with Crippen LogP contribution < -0.4 is 10.6 Å². The lowest BCUT2D eigenvalue weighted by Gasteiger charge is -2.46. The molecule has 4 N–H and O–H groups in total. The Morgan fingerprint density at radius 1 is 0.511 bits per heavy atom. The fourth-order valence-electron chi connectivity index (χ4n) is 6.88. The van der Waals surface area contributed by atoms with Gasteiger partial charge in [-0.15, -0.1) is 0 Å². The summed E-state index contributed by atoms with van der Waals surface area (Å²) in [7, 11) is 0. The van der Waals surface area contributed by atoms with Gasteiger partial charge in [0, 0.05) is 0 Å². The Hall–Kier alpha value is -4.26. The predicted octanol–water partition coefficient (Wildman–Crippen LogP) is 6.70. The van der Waals surface area contributed by atoms with Crippen molar-refractivity contribution in [2.45, 2.75) is 77.7 Å². The summed E-state index contributed by atoms with van der Waals surface area (Å²) in [6, 6.07) is 35.8. The van der Waals surface area contributed by atoms with Crippen LogP contribution in [0.1, 0.15) is 76.6 Å². The number of carbonyl (C=O) groups excluding carboxylic acids is 2. The number of rotatable bonds is 10. The molecule has 2 atom stereocenters. The highest BCUT2D eigenvalue weighted by Gasteiger charge is 2.60. The highest BCUT2D eigenvalue weighted by molar-refractivity contribution is 6.08. The highest BCUT2D eigenvalue weighted by Crippen LogP contribution is 2.49. The maximum absolute atomic E-state index is 14.4. The third kappa shape index (κ3) is 6.50. The summed E-state index contributed by atoms with van der Waals surface area (Å²) in [6.45, 7) is 11.9. The van der Waals surface area contributed by atoms with Crippen LogP contribution in [-0.4, -0.2) is 34.1 Å². The van der Waals surface area contributed by atoms with Gasteiger partial charge in [-0.3, -0.25) is 9.59 Å². The molecule has 1 fully saturated rings. The van der Waals surface area contributed by atoms with Crippen molar-refractivity contribution >= 4 is 11.8 Å². The number of hydrogen-bond acceptors (Lipinski definition) is 4. The second-order valence-corrected chi connectivity index (χ2v) is 15.1. The molecule has 246 valence electrons. The smallest absolute Gasteiger partial charge is 0.236 e. The van der Waals surface area contributed by atoms with Gasteiger partial charge in [0.05, 0.1) is 12.1 Å². The van der Waals surface area contributed by atoms with Crippen molar-refractivity contribution in [3.8, 4) is 0 Å². The minimum Gasteiger partial charge on any atom is -0.378 e. The quantitative estimate of drug-likeness (QED) is 0.146. The molecule has 1 aliphatic carbocycles. The van der Waals surface area contributed by atoms with Crippen LogP contribution in [-0.2, 0) is 20.8 Å². The molecular formula is C41H48N2O4. The monoisotopic (exact) mass is 632 g/mol. The van der Waals surface area contributed by atoms with E-state index < -0.39 is 51.3 Å². The van der Waals surface area contributed by atoms with E-state index in [-0.39, 0.29) is 0 Å². The molecule has 0 unspecified atom stereocenters. The molecule has 0 aliphatic heterocycles. The van der Waals surface area contributed by atoms with E-state index >= 15 is 0 Å². The van der Waals surface area contributed by atoms with Gasteiger partial charge in [0.2, 0.25) is 11.8 Å². The summed E-state index contributed by atoms with van der Waals surface area (Å²) in [5.74, 6) is -0.869. The first-order valence-corrected chi connectivity index (χ1v) is 16.4. The summed E-state index contributed by atoms with van der Waals surface area (Å²) in [4.78, 5) is 28.8. The van der Waals surface area contributed by atoms with E-state index in [2.05, 4.69) is 10.6 Å². The average Bonchev–Trinajstić information content (AvgIpc) is 3.88. The van der Waals surface area contributed by atoms with Crippen LogP contribution in [0, 0.1) is 16.2 Å². The molecule has 1 aliphatic rings. The van der Waals surface area contributed by atoms with E-state index in [1.54, 1.807) is 0 Å². The van der Waals surface area contributed by atoms with Crippen molar-refractivity contribution in [2.24, 2.45) is 16.2 Å². The van der Waals surface area contributed by atoms with Crippen LogP contribution in [0.2, 0.25) is 0 Å². The van der Waals surface area contributed by atoms with Crippen molar-refractivity contribution in [3.05, 3.63) is 144 Å². The van der Waals surface area contributed by atoms with Gasteiger partial charge in [0.25, 0.3) is 0 Å². The fraction of sp³-hybridized carbons (Fsp3) is 0.366. The van der Waals surface area contributed by atoms with E-state index in [0.717, 1.165) is 0 Å². The summed E-state index contributed by atoms with van der Waals surface area (Å²) >= 11 is 0. The van der Waals surface area contributed by atoms with Crippen molar-refractivity contribution < 1.29 is 19.8 Å². The molecule has 5 rings (SSSR count). The van der Waals surface area contributed by atoms with E-state index in [9.17, 15) is 19.8 Å². The van der Waals surface area contributed by atoms with Crippen LogP contribution >= 0.6 is 0 Å². The summed E-state index contributed by atoms with van der Waals surface area (Å²) in [5.41, 5.74) is -3.16. The molecule has 2 amide bonds. The molecule has 0 aromatic heterocycles. The van der Waals surface area contributed by atoms with Gasteiger partial charge in [-0.2, -0.15) is 0 Å². The standard InChI is InChI=1S/C41H48N2O4/c1-37(2,3)33(40(46,29-19-11-7-12-20-29)30-21-13-8-14-22-30)42-35(44)39(27-28-39)36(45)43-34(38(4,5)6)41(47,31-23-15-9-16-24-31)32-25-17-10-18-26-32/h7-26,33-34,46-47H,27-28H2,1-6H3,(H,42,44)(H,43,45)/t33-,34-/m1/s1. The molecule has 6 heteroatoms. The van der Waals surface area contributed by atoms with Gasteiger partial charge in [-0.25, -0.2) is 0 Å². The molecule has 6 nitrogen and oxygen atoms in total. The number of aliphatic hydroxyl groups is 2.